The van der Waals surface area contributed by atoms with E-state index in [1.807, 2.05) is 25.1 Å². The third-order valence-electron chi connectivity index (χ3n) is 4.53. The van der Waals surface area contributed by atoms with Crippen molar-refractivity contribution in [1.29, 1.82) is 0 Å². The van der Waals surface area contributed by atoms with Gasteiger partial charge in [-0.3, -0.25) is 0 Å². The number of thiocarbonyl (C=S) groups is 1. The van der Waals surface area contributed by atoms with E-state index in [0.717, 1.165) is 29.6 Å². The molecule has 0 amide bonds. The standard InChI is InChI=1S/C21H30N2O2S/c1-3-4-5-6-7-8-9-10-13-22-21(26)23-17-11-12-18-16(2)14-20(24)25-19(18)15-17/h11-12,14-15H,3-10,13H2,1-2H3,(H2,22,23,26). The molecule has 0 saturated heterocycles. The van der Waals surface area contributed by atoms with Crippen molar-refractivity contribution < 1.29 is 4.42 Å². The lowest BCUT2D eigenvalue weighted by Gasteiger charge is -2.11. The van der Waals surface area contributed by atoms with Gasteiger partial charge in [-0.05, 0) is 43.3 Å². The summed E-state index contributed by atoms with van der Waals surface area (Å²) in [4.78, 5) is 11.5. The van der Waals surface area contributed by atoms with Crippen LogP contribution in [-0.2, 0) is 0 Å². The molecule has 0 saturated carbocycles. The van der Waals surface area contributed by atoms with Crippen LogP contribution in [0.25, 0.3) is 11.0 Å². The number of hydrogen-bond donors (Lipinski definition) is 2. The van der Waals surface area contributed by atoms with Gasteiger partial charge in [-0.15, -0.1) is 0 Å². The van der Waals surface area contributed by atoms with Crippen LogP contribution in [0.4, 0.5) is 5.69 Å². The van der Waals surface area contributed by atoms with Crippen molar-refractivity contribution in [2.75, 3.05) is 11.9 Å². The van der Waals surface area contributed by atoms with E-state index >= 15 is 0 Å². The molecule has 1 aromatic heterocycles. The van der Waals surface area contributed by atoms with E-state index in [1.165, 1.54) is 51.0 Å². The van der Waals surface area contributed by atoms with Gasteiger partial charge in [0.2, 0.25) is 0 Å². The molecule has 0 aliphatic rings. The van der Waals surface area contributed by atoms with E-state index in [9.17, 15) is 4.79 Å². The Hall–Kier alpha value is -1.88. The third-order valence-corrected chi connectivity index (χ3v) is 4.77. The van der Waals surface area contributed by atoms with Crippen LogP contribution in [-0.4, -0.2) is 11.7 Å². The fourth-order valence-electron chi connectivity index (χ4n) is 3.04. The fourth-order valence-corrected chi connectivity index (χ4v) is 3.26. The summed E-state index contributed by atoms with van der Waals surface area (Å²) in [6.45, 7) is 5.03. The second kappa shape index (κ2) is 11.0. The molecule has 142 valence electrons. The van der Waals surface area contributed by atoms with Crippen LogP contribution in [0.2, 0.25) is 0 Å². The molecule has 1 heterocycles. The average Bonchev–Trinajstić information content (AvgIpc) is 2.60. The molecular formula is C21H30N2O2S. The molecule has 2 aromatic rings. The maximum absolute atomic E-state index is 11.5. The van der Waals surface area contributed by atoms with Crippen LogP contribution in [0.1, 0.15) is 63.9 Å². The Bertz CT molecular complexity index is 770. The summed E-state index contributed by atoms with van der Waals surface area (Å²) in [5.74, 6) is 0. The van der Waals surface area contributed by atoms with Crippen molar-refractivity contribution in [1.82, 2.24) is 5.32 Å². The molecule has 26 heavy (non-hydrogen) atoms. The van der Waals surface area contributed by atoms with Crippen LogP contribution in [0.15, 0.2) is 33.5 Å². The first-order valence-electron chi connectivity index (χ1n) is 9.69. The molecule has 0 radical (unpaired) electrons. The second-order valence-corrected chi connectivity index (χ2v) is 7.22. The Morgan fingerprint density at radius 1 is 1.04 bits per heavy atom. The molecule has 4 nitrogen and oxygen atoms in total. The molecule has 0 atom stereocenters. The Morgan fingerprint density at radius 3 is 2.46 bits per heavy atom. The first-order chi connectivity index (χ1) is 12.6. The molecule has 0 spiro atoms. The molecule has 0 bridgehead atoms. The van der Waals surface area contributed by atoms with Gasteiger partial charge < -0.3 is 15.1 Å². The van der Waals surface area contributed by atoms with E-state index in [-0.39, 0.29) is 5.63 Å². The van der Waals surface area contributed by atoms with Gasteiger partial charge in [-0.1, -0.05) is 51.9 Å². The van der Waals surface area contributed by atoms with Gasteiger partial charge in [0.25, 0.3) is 0 Å². The number of nitrogens with one attached hydrogen (secondary N) is 2. The largest absolute Gasteiger partial charge is 0.423 e. The molecule has 0 aliphatic carbocycles. The molecule has 0 unspecified atom stereocenters. The summed E-state index contributed by atoms with van der Waals surface area (Å²) in [5, 5.41) is 7.93. The van der Waals surface area contributed by atoms with Gasteiger partial charge in [0.05, 0.1) is 0 Å². The summed E-state index contributed by atoms with van der Waals surface area (Å²) in [6, 6.07) is 7.20. The summed E-state index contributed by atoms with van der Waals surface area (Å²) in [6.07, 6.45) is 10.4. The topological polar surface area (TPSA) is 54.3 Å². The predicted molar refractivity (Wildman–Crippen MR) is 114 cm³/mol. The Morgan fingerprint density at radius 2 is 1.73 bits per heavy atom. The summed E-state index contributed by atoms with van der Waals surface area (Å²) in [5.41, 5.74) is 1.98. The molecule has 2 N–H and O–H groups in total. The normalized spacial score (nSPS) is 10.8. The molecular weight excluding hydrogens is 344 g/mol. The van der Waals surface area contributed by atoms with Crippen molar-refractivity contribution >= 4 is 34.0 Å². The summed E-state index contributed by atoms with van der Waals surface area (Å²) >= 11 is 5.34. The van der Waals surface area contributed by atoms with E-state index in [2.05, 4.69) is 17.6 Å². The Balaban J connectivity index is 1.70. The average molecular weight is 375 g/mol. The third kappa shape index (κ3) is 6.79. The smallest absolute Gasteiger partial charge is 0.336 e. The fraction of sp³-hybridized carbons (Fsp3) is 0.524. The van der Waals surface area contributed by atoms with E-state index in [0.29, 0.717) is 10.7 Å². The highest BCUT2D eigenvalue weighted by molar-refractivity contribution is 7.80. The minimum absolute atomic E-state index is 0.331. The monoisotopic (exact) mass is 374 g/mol. The lowest BCUT2D eigenvalue weighted by Crippen LogP contribution is -2.29. The first kappa shape index (κ1) is 20.4. The number of anilines is 1. The highest BCUT2D eigenvalue weighted by atomic mass is 32.1. The van der Waals surface area contributed by atoms with Crippen LogP contribution in [0.5, 0.6) is 0 Å². The quantitative estimate of drug-likeness (QED) is 0.325. The van der Waals surface area contributed by atoms with Gasteiger partial charge in [0.1, 0.15) is 5.58 Å². The lowest BCUT2D eigenvalue weighted by molar-refractivity contribution is 0.560. The number of unbranched alkanes of at least 4 members (excludes halogenated alkanes) is 7. The predicted octanol–water partition coefficient (Wildman–Crippen LogP) is 5.53. The van der Waals surface area contributed by atoms with E-state index in [4.69, 9.17) is 16.6 Å². The number of hydrogen-bond acceptors (Lipinski definition) is 3. The Labute approximate surface area is 161 Å². The van der Waals surface area contributed by atoms with Crippen molar-refractivity contribution in [3.05, 3.63) is 40.2 Å². The van der Waals surface area contributed by atoms with Gasteiger partial charge in [0.15, 0.2) is 5.11 Å². The number of benzene rings is 1. The maximum Gasteiger partial charge on any atom is 0.336 e. The van der Waals surface area contributed by atoms with E-state index in [1.54, 1.807) is 0 Å². The van der Waals surface area contributed by atoms with Crippen molar-refractivity contribution in [2.24, 2.45) is 0 Å². The van der Waals surface area contributed by atoms with Crippen molar-refractivity contribution in [3.63, 3.8) is 0 Å². The zero-order chi connectivity index (χ0) is 18.8. The van der Waals surface area contributed by atoms with Crippen LogP contribution in [0, 0.1) is 6.92 Å². The van der Waals surface area contributed by atoms with E-state index < -0.39 is 0 Å². The highest BCUT2D eigenvalue weighted by Gasteiger charge is 2.04. The summed E-state index contributed by atoms with van der Waals surface area (Å²) < 4.78 is 5.27. The van der Waals surface area contributed by atoms with Gasteiger partial charge in [-0.25, -0.2) is 4.79 Å². The van der Waals surface area contributed by atoms with Crippen LogP contribution >= 0.6 is 12.2 Å². The Kier molecular flexibility index (Phi) is 8.62. The van der Waals surface area contributed by atoms with Crippen molar-refractivity contribution in [3.8, 4) is 0 Å². The highest BCUT2D eigenvalue weighted by Crippen LogP contribution is 2.20. The molecule has 0 fully saturated rings. The second-order valence-electron chi connectivity index (χ2n) is 6.82. The SMILES string of the molecule is CCCCCCCCCCNC(=S)Nc1ccc2c(C)cc(=O)oc2c1. The number of aryl methyl sites for hydroxylation is 1. The molecule has 1 aromatic carbocycles. The maximum atomic E-state index is 11.5. The summed E-state index contributed by atoms with van der Waals surface area (Å²) in [7, 11) is 0. The molecule has 5 heteroatoms. The molecule has 0 aliphatic heterocycles. The number of rotatable bonds is 10. The first-order valence-corrected chi connectivity index (χ1v) is 10.1. The van der Waals surface area contributed by atoms with Crippen LogP contribution in [0.3, 0.4) is 0 Å². The van der Waals surface area contributed by atoms with Gasteiger partial charge >= 0.3 is 5.63 Å². The lowest BCUT2D eigenvalue weighted by atomic mass is 10.1. The minimum Gasteiger partial charge on any atom is -0.423 e. The van der Waals surface area contributed by atoms with Crippen LogP contribution < -0.4 is 16.3 Å². The zero-order valence-electron chi connectivity index (χ0n) is 15.9. The van der Waals surface area contributed by atoms with Gasteiger partial charge in [0, 0.05) is 29.8 Å². The van der Waals surface area contributed by atoms with Crippen molar-refractivity contribution in [2.45, 2.75) is 65.2 Å². The minimum atomic E-state index is -0.331. The van der Waals surface area contributed by atoms with Gasteiger partial charge in [-0.2, -0.15) is 0 Å². The number of fused-ring (bicyclic) bond motifs is 1. The molecule has 2 rings (SSSR count). The zero-order valence-corrected chi connectivity index (χ0v) is 16.7.